The van der Waals surface area contributed by atoms with Crippen molar-refractivity contribution in [3.05, 3.63) is 53.6 Å². The van der Waals surface area contributed by atoms with Crippen molar-refractivity contribution in [1.29, 1.82) is 0 Å². The fourth-order valence-corrected chi connectivity index (χ4v) is 3.14. The third-order valence-electron chi connectivity index (χ3n) is 4.02. The SMILES string of the molecule is CCCc1cncn1[C@H]1c2ccccc2C(=O)OC1(C)C. The van der Waals surface area contributed by atoms with Crippen molar-refractivity contribution in [3.63, 3.8) is 0 Å². The Kier molecular flexibility index (Phi) is 3.32. The van der Waals surface area contributed by atoms with Crippen molar-refractivity contribution in [3.8, 4) is 0 Å². The van der Waals surface area contributed by atoms with Crippen molar-refractivity contribution in [2.75, 3.05) is 0 Å². The van der Waals surface area contributed by atoms with E-state index in [4.69, 9.17) is 4.74 Å². The average Bonchev–Trinajstić information content (AvgIpc) is 2.86. The third kappa shape index (κ3) is 2.24. The number of fused-ring (bicyclic) bond motifs is 1. The molecule has 0 saturated carbocycles. The van der Waals surface area contributed by atoms with Crippen LogP contribution in [-0.2, 0) is 11.2 Å². The molecule has 0 radical (unpaired) electrons. The molecule has 4 heteroatoms. The average molecular weight is 284 g/mol. The van der Waals surface area contributed by atoms with Gasteiger partial charge in [-0.3, -0.25) is 0 Å². The lowest BCUT2D eigenvalue weighted by Crippen LogP contribution is -2.43. The molecule has 2 aromatic rings. The summed E-state index contributed by atoms with van der Waals surface area (Å²) in [5.74, 6) is -0.246. The normalized spacial score (nSPS) is 20.0. The third-order valence-corrected chi connectivity index (χ3v) is 4.02. The molecule has 0 spiro atoms. The van der Waals surface area contributed by atoms with Gasteiger partial charge in [0.1, 0.15) is 5.60 Å². The molecule has 0 fully saturated rings. The molecule has 1 aromatic carbocycles. The molecule has 110 valence electrons. The predicted octanol–water partition coefficient (Wildman–Crippen LogP) is 3.37. The number of esters is 1. The summed E-state index contributed by atoms with van der Waals surface area (Å²) in [6, 6.07) is 7.64. The molecule has 21 heavy (non-hydrogen) atoms. The minimum absolute atomic E-state index is 0.0459. The van der Waals surface area contributed by atoms with Crippen LogP contribution < -0.4 is 0 Å². The van der Waals surface area contributed by atoms with Crippen LogP contribution in [0.25, 0.3) is 0 Å². The lowest BCUT2D eigenvalue weighted by Gasteiger charge is -2.40. The number of ether oxygens (including phenoxy) is 1. The molecule has 2 heterocycles. The summed E-state index contributed by atoms with van der Waals surface area (Å²) < 4.78 is 7.83. The first-order valence-corrected chi connectivity index (χ1v) is 7.37. The summed E-state index contributed by atoms with van der Waals surface area (Å²) in [5.41, 5.74) is 2.23. The fourth-order valence-electron chi connectivity index (χ4n) is 3.14. The van der Waals surface area contributed by atoms with Crippen LogP contribution in [0.5, 0.6) is 0 Å². The van der Waals surface area contributed by atoms with Gasteiger partial charge >= 0.3 is 5.97 Å². The Morgan fingerprint density at radius 1 is 1.33 bits per heavy atom. The highest BCUT2D eigenvalue weighted by molar-refractivity contribution is 5.93. The number of aryl methyl sites for hydroxylation is 1. The van der Waals surface area contributed by atoms with Gasteiger partial charge in [-0.1, -0.05) is 31.5 Å². The van der Waals surface area contributed by atoms with E-state index in [0.717, 1.165) is 18.4 Å². The highest BCUT2D eigenvalue weighted by Gasteiger charge is 2.43. The Balaban J connectivity index is 2.17. The largest absolute Gasteiger partial charge is 0.453 e. The van der Waals surface area contributed by atoms with Gasteiger partial charge in [-0.15, -0.1) is 0 Å². The van der Waals surface area contributed by atoms with Crippen LogP contribution in [0.3, 0.4) is 0 Å². The highest BCUT2D eigenvalue weighted by atomic mass is 16.6. The van der Waals surface area contributed by atoms with Gasteiger partial charge in [-0.05, 0) is 31.9 Å². The molecule has 0 N–H and O–H groups in total. The smallest absolute Gasteiger partial charge is 0.339 e. The van der Waals surface area contributed by atoms with Gasteiger partial charge in [0.15, 0.2) is 0 Å². The Morgan fingerprint density at radius 3 is 2.86 bits per heavy atom. The second-order valence-corrected chi connectivity index (χ2v) is 6.03. The van der Waals surface area contributed by atoms with E-state index >= 15 is 0 Å². The van der Waals surface area contributed by atoms with Gasteiger partial charge in [-0.25, -0.2) is 9.78 Å². The minimum Gasteiger partial charge on any atom is -0.453 e. The molecule has 1 atom stereocenters. The number of benzene rings is 1. The fraction of sp³-hybridized carbons (Fsp3) is 0.412. The highest BCUT2D eigenvalue weighted by Crippen LogP contribution is 2.40. The molecule has 0 unspecified atom stereocenters. The van der Waals surface area contributed by atoms with Crippen LogP contribution in [0.2, 0.25) is 0 Å². The maximum Gasteiger partial charge on any atom is 0.339 e. The quantitative estimate of drug-likeness (QED) is 0.812. The molecule has 0 saturated heterocycles. The molecule has 1 aromatic heterocycles. The van der Waals surface area contributed by atoms with Crippen LogP contribution in [0.1, 0.15) is 54.8 Å². The molecule has 0 bridgehead atoms. The summed E-state index contributed by atoms with van der Waals surface area (Å²) in [4.78, 5) is 16.5. The van der Waals surface area contributed by atoms with E-state index in [1.807, 2.05) is 50.6 Å². The Labute approximate surface area is 124 Å². The molecular formula is C17H20N2O2. The summed E-state index contributed by atoms with van der Waals surface area (Å²) in [6.07, 6.45) is 5.76. The van der Waals surface area contributed by atoms with E-state index in [1.165, 1.54) is 5.69 Å². The number of imidazole rings is 1. The van der Waals surface area contributed by atoms with Crippen molar-refractivity contribution >= 4 is 5.97 Å². The molecule has 1 aliphatic rings. The van der Waals surface area contributed by atoms with E-state index in [9.17, 15) is 4.79 Å². The van der Waals surface area contributed by atoms with Crippen LogP contribution in [0.4, 0.5) is 0 Å². The minimum atomic E-state index is -0.603. The number of cyclic esters (lactones) is 1. The zero-order valence-corrected chi connectivity index (χ0v) is 12.7. The summed E-state index contributed by atoms with van der Waals surface area (Å²) in [5, 5.41) is 0. The van der Waals surface area contributed by atoms with Gasteiger partial charge in [0.2, 0.25) is 0 Å². The number of rotatable bonds is 3. The van der Waals surface area contributed by atoms with Crippen LogP contribution in [0.15, 0.2) is 36.8 Å². The van der Waals surface area contributed by atoms with E-state index < -0.39 is 5.60 Å². The predicted molar refractivity (Wildman–Crippen MR) is 80.3 cm³/mol. The standard InChI is InChI=1S/C17H20N2O2/c1-4-7-12-10-18-11-19(12)15-13-8-5-6-9-14(13)16(20)21-17(15,2)3/h5-6,8-11,15H,4,7H2,1-3H3/t15-/m0/s1. The molecule has 3 rings (SSSR count). The molecule has 0 amide bonds. The van der Waals surface area contributed by atoms with E-state index in [2.05, 4.69) is 16.5 Å². The number of hydrogen-bond acceptors (Lipinski definition) is 3. The number of carbonyl (C=O) groups is 1. The zero-order chi connectivity index (χ0) is 15.0. The molecule has 1 aliphatic heterocycles. The number of hydrogen-bond donors (Lipinski definition) is 0. The first-order valence-electron chi connectivity index (χ1n) is 7.37. The second-order valence-electron chi connectivity index (χ2n) is 6.03. The Bertz CT molecular complexity index is 673. The number of nitrogens with zero attached hydrogens (tertiary/aromatic N) is 2. The van der Waals surface area contributed by atoms with Crippen LogP contribution in [-0.4, -0.2) is 21.1 Å². The topological polar surface area (TPSA) is 44.1 Å². The lowest BCUT2D eigenvalue weighted by molar-refractivity contribution is -0.0265. The molecular weight excluding hydrogens is 264 g/mol. The second kappa shape index (κ2) is 5.02. The van der Waals surface area contributed by atoms with Crippen LogP contribution in [0, 0.1) is 0 Å². The number of aromatic nitrogens is 2. The summed E-state index contributed by atoms with van der Waals surface area (Å²) in [7, 11) is 0. The van der Waals surface area contributed by atoms with Crippen molar-refractivity contribution in [2.24, 2.45) is 0 Å². The zero-order valence-electron chi connectivity index (χ0n) is 12.7. The summed E-state index contributed by atoms with van der Waals surface area (Å²) in [6.45, 7) is 6.07. The summed E-state index contributed by atoms with van der Waals surface area (Å²) >= 11 is 0. The van der Waals surface area contributed by atoms with E-state index in [0.29, 0.717) is 5.56 Å². The Morgan fingerprint density at radius 2 is 2.10 bits per heavy atom. The van der Waals surface area contributed by atoms with E-state index in [1.54, 1.807) is 0 Å². The number of carbonyl (C=O) groups excluding carboxylic acids is 1. The Hall–Kier alpha value is -2.10. The first kappa shape index (κ1) is 13.9. The maximum atomic E-state index is 12.2. The van der Waals surface area contributed by atoms with Gasteiger partial charge in [0.05, 0.1) is 17.9 Å². The van der Waals surface area contributed by atoms with Gasteiger partial charge in [-0.2, -0.15) is 0 Å². The van der Waals surface area contributed by atoms with Crippen molar-refractivity contribution < 1.29 is 9.53 Å². The molecule has 4 nitrogen and oxygen atoms in total. The lowest BCUT2D eigenvalue weighted by atomic mass is 9.85. The monoisotopic (exact) mass is 284 g/mol. The van der Waals surface area contributed by atoms with Crippen molar-refractivity contribution in [2.45, 2.75) is 45.3 Å². The van der Waals surface area contributed by atoms with Gasteiger partial charge in [0.25, 0.3) is 0 Å². The van der Waals surface area contributed by atoms with Crippen LogP contribution >= 0.6 is 0 Å². The van der Waals surface area contributed by atoms with Gasteiger partial charge < -0.3 is 9.30 Å². The maximum absolute atomic E-state index is 12.2. The first-order chi connectivity index (χ1) is 10.0. The van der Waals surface area contributed by atoms with Crippen molar-refractivity contribution in [1.82, 2.24) is 9.55 Å². The van der Waals surface area contributed by atoms with Gasteiger partial charge in [0, 0.05) is 11.9 Å². The van der Waals surface area contributed by atoms with E-state index in [-0.39, 0.29) is 12.0 Å². The molecule has 0 aliphatic carbocycles.